The third-order valence-corrected chi connectivity index (χ3v) is 7.16. The summed E-state index contributed by atoms with van der Waals surface area (Å²) in [6, 6.07) is 11.8. The molecule has 2 heterocycles. The van der Waals surface area contributed by atoms with E-state index in [4.69, 9.17) is 9.26 Å². The lowest BCUT2D eigenvalue weighted by atomic mass is 9.74. The average Bonchev–Trinajstić information content (AvgIpc) is 3.16. The van der Waals surface area contributed by atoms with Gasteiger partial charge in [0.1, 0.15) is 12.4 Å². The van der Waals surface area contributed by atoms with Crippen LogP contribution in [0.5, 0.6) is 0 Å². The van der Waals surface area contributed by atoms with Gasteiger partial charge in [-0.05, 0) is 18.4 Å². The van der Waals surface area contributed by atoms with Crippen LogP contribution in [-0.2, 0) is 19.7 Å². The minimum absolute atomic E-state index is 0.0597. The molecule has 1 aromatic heterocycles. The third-order valence-electron chi connectivity index (χ3n) is 7.16. The lowest BCUT2D eigenvalue weighted by Gasteiger charge is -2.40. The van der Waals surface area contributed by atoms with Gasteiger partial charge in [0.2, 0.25) is 0 Å². The molecule has 1 aliphatic carbocycles. The smallest absolute Gasteiger partial charge is 0.316 e. The number of esters is 1. The average molecular weight is 441 g/mol. The molecule has 0 atom stereocenters. The first-order valence-electron chi connectivity index (χ1n) is 11.8. The van der Waals surface area contributed by atoms with Crippen molar-refractivity contribution in [2.24, 2.45) is 0 Å². The predicted molar refractivity (Wildman–Crippen MR) is 121 cm³/mol. The number of anilines is 1. The number of aromatic nitrogens is 1. The fourth-order valence-corrected chi connectivity index (χ4v) is 5.21. The molecular formula is C25H34N3O4+. The number of rotatable bonds is 6. The highest BCUT2D eigenvalue weighted by molar-refractivity contribution is 5.90. The minimum atomic E-state index is -0.523. The van der Waals surface area contributed by atoms with Gasteiger partial charge in [-0.25, -0.2) is 0 Å². The van der Waals surface area contributed by atoms with E-state index in [1.54, 1.807) is 6.07 Å². The number of quaternary nitrogens is 1. The van der Waals surface area contributed by atoms with E-state index in [0.29, 0.717) is 16.8 Å². The lowest BCUT2D eigenvalue weighted by molar-refractivity contribution is -0.907. The second-order valence-electron chi connectivity index (χ2n) is 9.62. The van der Waals surface area contributed by atoms with E-state index >= 15 is 0 Å². The van der Waals surface area contributed by atoms with Crippen LogP contribution in [0.2, 0.25) is 0 Å². The van der Waals surface area contributed by atoms with Gasteiger partial charge in [-0.3, -0.25) is 9.59 Å². The summed E-state index contributed by atoms with van der Waals surface area (Å²) in [6.45, 7) is 1.95. The number of likely N-dealkylation sites (N-methyl/N-ethyl adjacent to an activating group) is 1. The highest BCUT2D eigenvalue weighted by Crippen LogP contribution is 2.40. The quantitative estimate of drug-likeness (QED) is 0.416. The summed E-state index contributed by atoms with van der Waals surface area (Å²) in [4.78, 5) is 25.9. The number of benzene rings is 1. The fraction of sp³-hybridized carbons (Fsp3) is 0.560. The Hall–Kier alpha value is -2.67. The maximum atomic E-state index is 13.6. The molecule has 7 heteroatoms. The van der Waals surface area contributed by atoms with Crippen molar-refractivity contribution >= 4 is 17.7 Å². The number of hydrogen-bond donors (Lipinski definition) is 1. The van der Waals surface area contributed by atoms with Crippen LogP contribution < -0.4 is 5.32 Å². The van der Waals surface area contributed by atoms with Crippen molar-refractivity contribution in [3.8, 4) is 0 Å². The molecule has 1 saturated heterocycles. The molecule has 0 spiro atoms. The van der Waals surface area contributed by atoms with Gasteiger partial charge in [0.15, 0.2) is 12.4 Å². The van der Waals surface area contributed by atoms with Gasteiger partial charge < -0.3 is 19.1 Å². The largest absolute Gasteiger partial charge is 0.461 e. The molecule has 2 aromatic rings. The van der Waals surface area contributed by atoms with Gasteiger partial charge in [0.25, 0.3) is 5.91 Å². The summed E-state index contributed by atoms with van der Waals surface area (Å²) in [5, 5.41) is 6.49. The van der Waals surface area contributed by atoms with E-state index in [-0.39, 0.29) is 18.0 Å². The van der Waals surface area contributed by atoms with Crippen LogP contribution in [0.4, 0.5) is 5.82 Å². The highest BCUT2D eigenvalue weighted by Gasteiger charge is 2.43. The van der Waals surface area contributed by atoms with Gasteiger partial charge in [0, 0.05) is 18.9 Å². The molecule has 172 valence electrons. The molecule has 1 aliphatic heterocycles. The Morgan fingerprint density at radius 2 is 1.78 bits per heavy atom. The molecule has 1 saturated carbocycles. The Balaban J connectivity index is 1.36. The number of hydrogen-bond acceptors (Lipinski definition) is 5. The standard InChI is InChI=1S/C25H33N3O4/c1-28(19-23(29)26-22-13-18-31-27-22)16-11-21(12-17-28)32-24(30)25(14-7-2-3-8-15-25)20-9-5-4-6-10-20/h4-6,9-10,13,18,21H,2-3,7-8,11-12,14-17,19H2,1H3/p+1. The predicted octanol–water partition coefficient (Wildman–Crippen LogP) is 4.06. The molecule has 2 fully saturated rings. The number of ether oxygens (including phenoxy) is 1. The van der Waals surface area contributed by atoms with Crippen molar-refractivity contribution in [3.63, 3.8) is 0 Å². The summed E-state index contributed by atoms with van der Waals surface area (Å²) in [6.07, 6.45) is 9.08. The van der Waals surface area contributed by atoms with Gasteiger partial charge in [-0.15, -0.1) is 0 Å². The van der Waals surface area contributed by atoms with E-state index in [0.717, 1.165) is 57.2 Å². The number of carbonyl (C=O) groups excluding carboxylic acids is 2. The van der Waals surface area contributed by atoms with Crippen LogP contribution in [0.3, 0.4) is 0 Å². The first kappa shape index (κ1) is 22.5. The van der Waals surface area contributed by atoms with Crippen LogP contribution in [0, 0.1) is 0 Å². The van der Waals surface area contributed by atoms with Crippen LogP contribution >= 0.6 is 0 Å². The molecule has 32 heavy (non-hydrogen) atoms. The zero-order chi connectivity index (χ0) is 22.4. The number of nitrogens with zero attached hydrogens (tertiary/aromatic N) is 2. The second kappa shape index (κ2) is 9.86. The normalized spacial score (nSPS) is 25.5. The Labute approximate surface area is 189 Å². The Kier molecular flexibility index (Phi) is 6.94. The third kappa shape index (κ3) is 5.21. The van der Waals surface area contributed by atoms with E-state index in [9.17, 15) is 9.59 Å². The van der Waals surface area contributed by atoms with E-state index < -0.39 is 5.41 Å². The van der Waals surface area contributed by atoms with Crippen molar-refractivity contribution < 1.29 is 23.3 Å². The number of nitrogens with one attached hydrogen (secondary N) is 1. The maximum absolute atomic E-state index is 13.6. The maximum Gasteiger partial charge on any atom is 0.316 e. The zero-order valence-corrected chi connectivity index (χ0v) is 18.9. The topological polar surface area (TPSA) is 81.4 Å². The lowest BCUT2D eigenvalue weighted by Crippen LogP contribution is -2.55. The van der Waals surface area contributed by atoms with Crippen LogP contribution in [0.1, 0.15) is 56.9 Å². The molecule has 1 N–H and O–H groups in total. The van der Waals surface area contributed by atoms with Crippen molar-refractivity contribution in [1.82, 2.24) is 5.16 Å². The molecule has 1 aromatic carbocycles. The van der Waals surface area contributed by atoms with E-state index in [1.807, 2.05) is 18.2 Å². The van der Waals surface area contributed by atoms with Crippen LogP contribution in [0.25, 0.3) is 0 Å². The molecule has 1 amide bonds. The van der Waals surface area contributed by atoms with Crippen molar-refractivity contribution in [1.29, 1.82) is 0 Å². The van der Waals surface area contributed by atoms with Crippen molar-refractivity contribution in [3.05, 3.63) is 48.2 Å². The first-order chi connectivity index (χ1) is 15.5. The summed E-state index contributed by atoms with van der Waals surface area (Å²) < 4.78 is 11.5. The van der Waals surface area contributed by atoms with Crippen molar-refractivity contribution in [2.75, 3.05) is 32.0 Å². The van der Waals surface area contributed by atoms with Gasteiger partial charge >= 0.3 is 5.97 Å². The Morgan fingerprint density at radius 3 is 2.41 bits per heavy atom. The molecular weight excluding hydrogens is 406 g/mol. The van der Waals surface area contributed by atoms with Crippen LogP contribution in [-0.4, -0.2) is 54.3 Å². The summed E-state index contributed by atoms with van der Waals surface area (Å²) in [7, 11) is 2.08. The highest BCUT2D eigenvalue weighted by atomic mass is 16.5. The summed E-state index contributed by atoms with van der Waals surface area (Å²) in [5.41, 5.74) is 0.568. The van der Waals surface area contributed by atoms with E-state index in [1.165, 1.54) is 19.1 Å². The zero-order valence-electron chi connectivity index (χ0n) is 18.9. The van der Waals surface area contributed by atoms with Gasteiger partial charge in [-0.2, -0.15) is 0 Å². The number of carbonyl (C=O) groups is 2. The van der Waals surface area contributed by atoms with Gasteiger partial charge in [-0.1, -0.05) is 61.2 Å². The van der Waals surface area contributed by atoms with E-state index in [2.05, 4.69) is 29.7 Å². The Morgan fingerprint density at radius 1 is 1.09 bits per heavy atom. The fourth-order valence-electron chi connectivity index (χ4n) is 5.21. The SMILES string of the molecule is C[N+]1(CC(=O)Nc2ccon2)CCC(OC(=O)C2(c3ccccc3)CCCCCC2)CC1. The Bertz CT molecular complexity index is 881. The molecule has 0 unspecified atom stereocenters. The molecule has 0 bridgehead atoms. The second-order valence-corrected chi connectivity index (χ2v) is 9.62. The summed E-state index contributed by atoms with van der Waals surface area (Å²) >= 11 is 0. The number of likely N-dealkylation sites (tertiary alicyclic amines) is 1. The number of amides is 1. The summed E-state index contributed by atoms with van der Waals surface area (Å²) in [5.74, 6) is 0.286. The molecule has 0 radical (unpaired) electrons. The minimum Gasteiger partial charge on any atom is -0.461 e. The van der Waals surface area contributed by atoms with Crippen LogP contribution in [0.15, 0.2) is 47.2 Å². The first-order valence-corrected chi connectivity index (χ1v) is 11.8. The van der Waals surface area contributed by atoms with Crippen molar-refractivity contribution in [2.45, 2.75) is 62.9 Å². The monoisotopic (exact) mass is 440 g/mol. The molecule has 4 rings (SSSR count). The molecule has 7 nitrogen and oxygen atoms in total. The number of piperidine rings is 1. The van der Waals surface area contributed by atoms with Gasteiger partial charge in [0.05, 0.1) is 25.6 Å². The molecule has 2 aliphatic rings.